The smallest absolute Gasteiger partial charge is 0.185 e. The van der Waals surface area contributed by atoms with E-state index in [0.29, 0.717) is 5.56 Å². The maximum absolute atomic E-state index is 12.9. The lowest BCUT2D eigenvalue weighted by Crippen LogP contribution is -2.02. The van der Waals surface area contributed by atoms with E-state index < -0.39 is 0 Å². The molecule has 0 radical (unpaired) electrons. The topological polar surface area (TPSA) is 17.1 Å². The Bertz CT molecular complexity index is 367. The molecule has 0 aliphatic rings. The summed E-state index contributed by atoms with van der Waals surface area (Å²) in [7, 11) is 0. The van der Waals surface area contributed by atoms with Crippen molar-refractivity contribution in [3.8, 4) is 0 Å². The molecular weight excluding hydrogens is 179 g/mol. The maximum atomic E-state index is 12.9. The Hall–Kier alpha value is -1.44. The number of allylic oxidation sites excluding steroid dienone is 1. The number of ketones is 1. The van der Waals surface area contributed by atoms with Crippen LogP contribution in [-0.2, 0) is 0 Å². The third-order valence-electron chi connectivity index (χ3n) is 2.09. The molecule has 0 saturated heterocycles. The molecule has 0 bridgehead atoms. The Morgan fingerprint density at radius 2 is 2.14 bits per heavy atom. The van der Waals surface area contributed by atoms with Gasteiger partial charge in [0.05, 0.1) is 0 Å². The average Bonchev–Trinajstić information content (AvgIpc) is 2.16. The highest BCUT2D eigenvalue weighted by Gasteiger charge is 2.11. The zero-order valence-corrected chi connectivity index (χ0v) is 8.38. The third-order valence-corrected chi connectivity index (χ3v) is 2.09. The fourth-order valence-electron chi connectivity index (χ4n) is 1.35. The molecule has 0 fully saturated rings. The molecule has 0 unspecified atom stereocenters. The predicted octanol–water partition coefficient (Wildman–Crippen LogP) is 3.32. The molecule has 1 aromatic rings. The number of carbonyl (C=O) groups is 1. The van der Waals surface area contributed by atoms with Crippen molar-refractivity contribution < 1.29 is 9.18 Å². The van der Waals surface area contributed by atoms with Crippen molar-refractivity contribution in [1.29, 1.82) is 0 Å². The van der Waals surface area contributed by atoms with Gasteiger partial charge in [0.1, 0.15) is 5.82 Å². The monoisotopic (exact) mass is 192 g/mol. The molecule has 2 heteroatoms. The summed E-state index contributed by atoms with van der Waals surface area (Å²) in [5, 5.41) is 0. The second-order valence-electron chi connectivity index (χ2n) is 3.45. The molecule has 0 amide bonds. The molecule has 0 heterocycles. The van der Waals surface area contributed by atoms with Crippen LogP contribution in [-0.4, -0.2) is 5.78 Å². The lowest BCUT2D eigenvalue weighted by molar-refractivity contribution is 0.104. The normalized spacial score (nSPS) is 10.3. The van der Waals surface area contributed by atoms with Crippen molar-refractivity contribution in [2.24, 2.45) is 0 Å². The van der Waals surface area contributed by atoms with Crippen molar-refractivity contribution in [1.82, 2.24) is 0 Å². The van der Waals surface area contributed by atoms with Gasteiger partial charge in [-0.15, -0.1) is 0 Å². The molecular formula is C12H13FO. The van der Waals surface area contributed by atoms with Crippen molar-refractivity contribution in [2.45, 2.75) is 19.8 Å². The van der Waals surface area contributed by atoms with Crippen LogP contribution in [0, 0.1) is 5.82 Å². The molecule has 0 N–H and O–H groups in total. The van der Waals surface area contributed by atoms with E-state index in [4.69, 9.17) is 0 Å². The van der Waals surface area contributed by atoms with E-state index in [9.17, 15) is 9.18 Å². The lowest BCUT2D eigenvalue weighted by Gasteiger charge is -2.10. The van der Waals surface area contributed by atoms with Gasteiger partial charge in [0.15, 0.2) is 5.78 Å². The Kier molecular flexibility index (Phi) is 3.18. The van der Waals surface area contributed by atoms with Gasteiger partial charge in [-0.05, 0) is 35.8 Å². The predicted molar refractivity (Wildman–Crippen MR) is 55.0 cm³/mol. The SMILES string of the molecule is C=CC(=O)c1ccc(F)cc1C(C)C. The maximum Gasteiger partial charge on any atom is 0.185 e. The third kappa shape index (κ3) is 2.08. The van der Waals surface area contributed by atoms with E-state index >= 15 is 0 Å². The fourth-order valence-corrected chi connectivity index (χ4v) is 1.35. The highest BCUT2D eigenvalue weighted by Crippen LogP contribution is 2.21. The minimum atomic E-state index is -0.311. The highest BCUT2D eigenvalue weighted by atomic mass is 19.1. The van der Waals surface area contributed by atoms with Crippen LogP contribution in [0.1, 0.15) is 35.7 Å². The van der Waals surface area contributed by atoms with Gasteiger partial charge in [-0.1, -0.05) is 20.4 Å². The first kappa shape index (κ1) is 10.6. The van der Waals surface area contributed by atoms with Crippen molar-refractivity contribution >= 4 is 5.78 Å². The minimum Gasteiger partial charge on any atom is -0.289 e. The summed E-state index contributed by atoms with van der Waals surface area (Å²) >= 11 is 0. The van der Waals surface area contributed by atoms with Crippen molar-refractivity contribution in [2.75, 3.05) is 0 Å². The van der Waals surface area contributed by atoms with Crippen LogP contribution in [0.4, 0.5) is 4.39 Å². The summed E-state index contributed by atoms with van der Waals surface area (Å²) < 4.78 is 12.9. The van der Waals surface area contributed by atoms with Crippen LogP contribution in [0.2, 0.25) is 0 Å². The first-order valence-electron chi connectivity index (χ1n) is 4.52. The summed E-state index contributed by atoms with van der Waals surface area (Å²) in [5.74, 6) is -0.340. The van der Waals surface area contributed by atoms with Crippen molar-refractivity contribution in [3.63, 3.8) is 0 Å². The van der Waals surface area contributed by atoms with Crippen LogP contribution in [0.25, 0.3) is 0 Å². The van der Waals surface area contributed by atoms with E-state index in [1.54, 1.807) is 0 Å². The molecule has 0 saturated carbocycles. The number of halogens is 1. The highest BCUT2D eigenvalue weighted by molar-refractivity contribution is 6.05. The summed E-state index contributed by atoms with van der Waals surface area (Å²) in [4.78, 5) is 11.4. The fraction of sp³-hybridized carbons (Fsp3) is 0.250. The van der Waals surface area contributed by atoms with Crippen LogP contribution >= 0.6 is 0 Å². The zero-order valence-electron chi connectivity index (χ0n) is 8.38. The number of hydrogen-bond donors (Lipinski definition) is 0. The Balaban J connectivity index is 3.28. The standard InChI is InChI=1S/C12H13FO/c1-4-12(14)10-6-5-9(13)7-11(10)8(2)3/h4-8H,1H2,2-3H3. The largest absolute Gasteiger partial charge is 0.289 e. The summed E-state index contributed by atoms with van der Waals surface area (Å²) in [5.41, 5.74) is 1.27. The average molecular weight is 192 g/mol. The van der Waals surface area contributed by atoms with Crippen molar-refractivity contribution in [3.05, 3.63) is 47.8 Å². The Morgan fingerprint density at radius 3 is 2.64 bits per heavy atom. The van der Waals surface area contributed by atoms with Gasteiger partial charge in [0, 0.05) is 5.56 Å². The molecule has 1 nitrogen and oxygen atoms in total. The van der Waals surface area contributed by atoms with E-state index in [-0.39, 0.29) is 17.5 Å². The molecule has 1 aromatic carbocycles. The van der Waals surface area contributed by atoms with Crippen LogP contribution < -0.4 is 0 Å². The van der Waals surface area contributed by atoms with E-state index in [1.807, 2.05) is 13.8 Å². The van der Waals surface area contributed by atoms with E-state index in [2.05, 4.69) is 6.58 Å². The summed E-state index contributed by atoms with van der Waals surface area (Å²) in [6, 6.07) is 4.21. The van der Waals surface area contributed by atoms with Gasteiger partial charge in [-0.25, -0.2) is 4.39 Å². The summed E-state index contributed by atoms with van der Waals surface area (Å²) in [6.07, 6.45) is 1.25. The molecule has 0 spiro atoms. The second-order valence-corrected chi connectivity index (χ2v) is 3.45. The number of benzene rings is 1. The van der Waals surface area contributed by atoms with E-state index in [1.165, 1.54) is 24.3 Å². The van der Waals surface area contributed by atoms with Crippen LogP contribution in [0.5, 0.6) is 0 Å². The second kappa shape index (κ2) is 4.18. The molecule has 14 heavy (non-hydrogen) atoms. The lowest BCUT2D eigenvalue weighted by atomic mass is 9.94. The number of carbonyl (C=O) groups excluding carboxylic acids is 1. The molecule has 1 rings (SSSR count). The first-order valence-corrected chi connectivity index (χ1v) is 4.52. The van der Waals surface area contributed by atoms with E-state index in [0.717, 1.165) is 5.56 Å². The van der Waals surface area contributed by atoms with Crippen LogP contribution in [0.15, 0.2) is 30.9 Å². The molecule has 74 valence electrons. The van der Waals surface area contributed by atoms with Crippen LogP contribution in [0.3, 0.4) is 0 Å². The Labute approximate surface area is 83.3 Å². The first-order chi connectivity index (χ1) is 6.56. The number of rotatable bonds is 3. The molecule has 0 aliphatic carbocycles. The zero-order chi connectivity index (χ0) is 10.7. The van der Waals surface area contributed by atoms with Gasteiger partial charge in [-0.3, -0.25) is 4.79 Å². The van der Waals surface area contributed by atoms with Gasteiger partial charge in [0.25, 0.3) is 0 Å². The van der Waals surface area contributed by atoms with Gasteiger partial charge >= 0.3 is 0 Å². The Morgan fingerprint density at radius 1 is 1.50 bits per heavy atom. The minimum absolute atomic E-state index is 0.129. The van der Waals surface area contributed by atoms with Gasteiger partial charge < -0.3 is 0 Å². The quantitative estimate of drug-likeness (QED) is 0.530. The van der Waals surface area contributed by atoms with Gasteiger partial charge in [-0.2, -0.15) is 0 Å². The van der Waals surface area contributed by atoms with Gasteiger partial charge in [0.2, 0.25) is 0 Å². The molecule has 0 atom stereocenters. The molecule has 0 aromatic heterocycles. The molecule has 0 aliphatic heterocycles. The summed E-state index contributed by atoms with van der Waals surface area (Å²) in [6.45, 7) is 7.27. The number of hydrogen-bond acceptors (Lipinski definition) is 1.